The molecule has 23 heavy (non-hydrogen) atoms. The van der Waals surface area contributed by atoms with Crippen LogP contribution in [0.15, 0.2) is 18.2 Å². The third-order valence-electron chi connectivity index (χ3n) is 4.95. The maximum atomic E-state index is 5.57. The zero-order chi connectivity index (χ0) is 15.6. The maximum absolute atomic E-state index is 5.57. The minimum absolute atomic E-state index is 0.668. The number of hydrogen-bond acceptors (Lipinski definition) is 4. The van der Waals surface area contributed by atoms with E-state index in [2.05, 4.69) is 45.2 Å². The predicted octanol–water partition coefficient (Wildman–Crippen LogP) is 2.13. The normalized spacial score (nSPS) is 19.3. The van der Waals surface area contributed by atoms with E-state index in [0.29, 0.717) is 5.92 Å². The lowest BCUT2D eigenvalue weighted by Gasteiger charge is -2.24. The van der Waals surface area contributed by atoms with E-state index in [4.69, 9.17) is 4.74 Å². The summed E-state index contributed by atoms with van der Waals surface area (Å²) >= 11 is 0. The van der Waals surface area contributed by atoms with Gasteiger partial charge < -0.3 is 14.6 Å². The lowest BCUT2D eigenvalue weighted by molar-refractivity contribution is 0.342. The fraction of sp³-hybridized carbons (Fsp3) is 0.556. The Morgan fingerprint density at radius 1 is 1.30 bits per heavy atom. The molecular weight excluding hydrogens is 288 g/mol. The first-order valence-electron chi connectivity index (χ1n) is 8.69. The third-order valence-corrected chi connectivity index (χ3v) is 4.95. The Bertz CT molecular complexity index is 681. The smallest absolute Gasteiger partial charge is 0.133 e. The first-order valence-corrected chi connectivity index (χ1v) is 8.69. The molecule has 1 aromatic carbocycles. The summed E-state index contributed by atoms with van der Waals surface area (Å²) < 4.78 is 7.89. The Morgan fingerprint density at radius 2 is 2.26 bits per heavy atom. The number of hydrogen-bond donors (Lipinski definition) is 1. The van der Waals surface area contributed by atoms with Crippen molar-refractivity contribution in [2.75, 3.05) is 13.2 Å². The van der Waals surface area contributed by atoms with Crippen molar-refractivity contribution >= 4 is 0 Å². The number of fused-ring (bicyclic) bond motifs is 2. The highest BCUT2D eigenvalue weighted by atomic mass is 16.5. The highest BCUT2D eigenvalue weighted by molar-refractivity contribution is 5.39. The van der Waals surface area contributed by atoms with Gasteiger partial charge in [-0.2, -0.15) is 0 Å². The number of aryl methyl sites for hydroxylation is 2. The number of benzene rings is 1. The molecule has 5 nitrogen and oxygen atoms in total. The maximum Gasteiger partial charge on any atom is 0.133 e. The van der Waals surface area contributed by atoms with Crippen LogP contribution in [0.5, 0.6) is 5.75 Å². The molecule has 122 valence electrons. The van der Waals surface area contributed by atoms with Gasteiger partial charge in [0.25, 0.3) is 0 Å². The van der Waals surface area contributed by atoms with Gasteiger partial charge in [0.15, 0.2) is 0 Å². The zero-order valence-electron chi connectivity index (χ0n) is 13.7. The Kier molecular flexibility index (Phi) is 4.04. The van der Waals surface area contributed by atoms with E-state index in [0.717, 1.165) is 62.9 Å². The van der Waals surface area contributed by atoms with Gasteiger partial charge in [-0.05, 0) is 36.1 Å². The Hall–Kier alpha value is -1.88. The summed E-state index contributed by atoms with van der Waals surface area (Å²) in [5.41, 5.74) is 2.70. The molecule has 0 fully saturated rings. The molecule has 2 aliphatic heterocycles. The van der Waals surface area contributed by atoms with Gasteiger partial charge in [-0.3, -0.25) is 0 Å². The largest absolute Gasteiger partial charge is 0.493 e. The van der Waals surface area contributed by atoms with Crippen LogP contribution in [0.4, 0.5) is 0 Å². The van der Waals surface area contributed by atoms with E-state index >= 15 is 0 Å². The van der Waals surface area contributed by atoms with Crippen LogP contribution in [0.2, 0.25) is 0 Å². The van der Waals surface area contributed by atoms with E-state index < -0.39 is 0 Å². The van der Waals surface area contributed by atoms with Crippen molar-refractivity contribution in [3.63, 3.8) is 0 Å². The van der Waals surface area contributed by atoms with Gasteiger partial charge in [0.05, 0.1) is 6.61 Å². The van der Waals surface area contributed by atoms with Gasteiger partial charge in [0.1, 0.15) is 17.4 Å². The fourth-order valence-corrected chi connectivity index (χ4v) is 3.65. The summed E-state index contributed by atoms with van der Waals surface area (Å²) in [6.45, 7) is 6.01. The van der Waals surface area contributed by atoms with Crippen molar-refractivity contribution in [1.82, 2.24) is 20.1 Å². The highest BCUT2D eigenvalue weighted by Gasteiger charge is 2.22. The van der Waals surface area contributed by atoms with Gasteiger partial charge in [-0.15, -0.1) is 10.2 Å². The van der Waals surface area contributed by atoms with Crippen LogP contribution in [0.1, 0.15) is 36.1 Å². The topological polar surface area (TPSA) is 52.0 Å². The van der Waals surface area contributed by atoms with Crippen molar-refractivity contribution < 1.29 is 4.74 Å². The summed E-state index contributed by atoms with van der Waals surface area (Å²) in [5, 5.41) is 12.2. The molecule has 2 aliphatic rings. The molecule has 5 heteroatoms. The molecule has 1 atom stereocenters. The van der Waals surface area contributed by atoms with Gasteiger partial charge in [0.2, 0.25) is 0 Å². The molecule has 0 radical (unpaired) electrons. The molecule has 3 heterocycles. The van der Waals surface area contributed by atoms with Crippen LogP contribution in [-0.4, -0.2) is 27.9 Å². The Morgan fingerprint density at radius 3 is 3.17 bits per heavy atom. The third kappa shape index (κ3) is 2.98. The number of rotatable bonds is 5. The summed E-state index contributed by atoms with van der Waals surface area (Å²) in [4.78, 5) is 0. The minimum atomic E-state index is 0.668. The second-order valence-electron chi connectivity index (χ2n) is 6.57. The van der Waals surface area contributed by atoms with Crippen LogP contribution < -0.4 is 10.1 Å². The standard InChI is InChI=1S/C18H24N4O/c1-2-17-20-21-18-6-4-14(12-22(17)18)11-19-10-13-3-5-16-15(9-13)7-8-23-16/h3,5,9,14,19H,2,4,6-8,10-12H2,1H3/t14-/m0/s1. The lowest BCUT2D eigenvalue weighted by atomic mass is 9.99. The minimum Gasteiger partial charge on any atom is -0.493 e. The molecular formula is C18H24N4O. The van der Waals surface area contributed by atoms with Crippen LogP contribution in [0.25, 0.3) is 0 Å². The van der Waals surface area contributed by atoms with Crippen LogP contribution in [-0.2, 0) is 32.4 Å². The summed E-state index contributed by atoms with van der Waals surface area (Å²) in [6.07, 6.45) is 4.26. The zero-order valence-corrected chi connectivity index (χ0v) is 13.7. The number of aromatic nitrogens is 3. The average molecular weight is 312 g/mol. The van der Waals surface area contributed by atoms with E-state index in [1.54, 1.807) is 0 Å². The summed E-state index contributed by atoms with van der Waals surface area (Å²) in [5.74, 6) is 4.02. The van der Waals surface area contributed by atoms with Gasteiger partial charge in [-0.25, -0.2) is 0 Å². The first kappa shape index (κ1) is 14.7. The van der Waals surface area contributed by atoms with Gasteiger partial charge in [0, 0.05) is 32.4 Å². The van der Waals surface area contributed by atoms with E-state index in [9.17, 15) is 0 Å². The summed E-state index contributed by atoms with van der Waals surface area (Å²) in [7, 11) is 0. The molecule has 0 amide bonds. The van der Waals surface area contributed by atoms with Gasteiger partial charge >= 0.3 is 0 Å². The molecule has 0 saturated carbocycles. The molecule has 0 spiro atoms. The van der Waals surface area contributed by atoms with Crippen molar-refractivity contribution in [3.05, 3.63) is 41.0 Å². The molecule has 0 aliphatic carbocycles. The average Bonchev–Trinajstić information content (AvgIpc) is 3.20. The lowest BCUT2D eigenvalue weighted by Crippen LogP contribution is -2.30. The predicted molar refractivity (Wildman–Crippen MR) is 88.6 cm³/mol. The second-order valence-corrected chi connectivity index (χ2v) is 6.57. The molecule has 1 aromatic heterocycles. The monoisotopic (exact) mass is 312 g/mol. The van der Waals surface area contributed by atoms with E-state index in [-0.39, 0.29) is 0 Å². The molecule has 4 rings (SSSR count). The van der Waals surface area contributed by atoms with E-state index in [1.807, 2.05) is 0 Å². The fourth-order valence-electron chi connectivity index (χ4n) is 3.65. The van der Waals surface area contributed by atoms with Crippen molar-refractivity contribution in [2.45, 2.75) is 45.7 Å². The first-order chi connectivity index (χ1) is 11.3. The SMILES string of the molecule is CCc1nnc2n1C[C@H](CNCc1ccc3c(c1)CCO3)CC2. The second kappa shape index (κ2) is 6.32. The van der Waals surface area contributed by atoms with Crippen molar-refractivity contribution in [1.29, 1.82) is 0 Å². The Labute approximate surface area is 137 Å². The summed E-state index contributed by atoms with van der Waals surface area (Å²) in [6, 6.07) is 6.56. The number of ether oxygens (including phenoxy) is 1. The van der Waals surface area contributed by atoms with Crippen LogP contribution >= 0.6 is 0 Å². The molecule has 0 unspecified atom stereocenters. The molecule has 0 bridgehead atoms. The molecule has 2 aromatic rings. The van der Waals surface area contributed by atoms with Gasteiger partial charge in [-0.1, -0.05) is 19.1 Å². The number of nitrogens with one attached hydrogen (secondary N) is 1. The van der Waals surface area contributed by atoms with Crippen molar-refractivity contribution in [3.8, 4) is 5.75 Å². The van der Waals surface area contributed by atoms with E-state index in [1.165, 1.54) is 17.5 Å². The number of nitrogens with zero attached hydrogens (tertiary/aromatic N) is 3. The molecule has 0 saturated heterocycles. The molecule has 1 N–H and O–H groups in total. The van der Waals surface area contributed by atoms with Crippen molar-refractivity contribution in [2.24, 2.45) is 5.92 Å². The Balaban J connectivity index is 1.32. The quantitative estimate of drug-likeness (QED) is 0.919. The van der Waals surface area contributed by atoms with Crippen LogP contribution in [0, 0.1) is 5.92 Å². The highest BCUT2D eigenvalue weighted by Crippen LogP contribution is 2.26. The van der Waals surface area contributed by atoms with Crippen LogP contribution in [0.3, 0.4) is 0 Å².